The Morgan fingerprint density at radius 1 is 1.18 bits per heavy atom. The van der Waals surface area contributed by atoms with Crippen molar-refractivity contribution in [1.29, 1.82) is 0 Å². The maximum atomic E-state index is 14.4. The lowest BCUT2D eigenvalue weighted by Crippen LogP contribution is -2.43. The SMILES string of the molecule is Br.CN(Cc1ccc(I)cc1)C[C@](O)(Cn1cncn1)c1ccc(F)cc1F. The molecule has 1 atom stereocenters. The number of likely N-dealkylation sites (N-methyl/N-ethyl adjacent to an activating group) is 1. The lowest BCUT2D eigenvalue weighted by molar-refractivity contribution is -0.0175. The van der Waals surface area contributed by atoms with Crippen LogP contribution >= 0.6 is 39.6 Å². The molecule has 3 aromatic rings. The van der Waals surface area contributed by atoms with Crippen molar-refractivity contribution < 1.29 is 13.9 Å². The second-order valence-corrected chi connectivity index (χ2v) is 7.79. The fraction of sp³-hybridized carbons (Fsp3) is 0.263. The second kappa shape index (κ2) is 9.86. The third-order valence-electron chi connectivity index (χ3n) is 4.22. The Labute approximate surface area is 186 Å². The van der Waals surface area contributed by atoms with Gasteiger partial charge in [-0.25, -0.2) is 18.4 Å². The normalized spacial score (nSPS) is 13.2. The topological polar surface area (TPSA) is 54.2 Å². The summed E-state index contributed by atoms with van der Waals surface area (Å²) in [6, 6.07) is 11.2. The van der Waals surface area contributed by atoms with Gasteiger partial charge in [-0.1, -0.05) is 18.2 Å². The summed E-state index contributed by atoms with van der Waals surface area (Å²) in [5.41, 5.74) is -0.516. The van der Waals surface area contributed by atoms with Crippen molar-refractivity contribution in [2.75, 3.05) is 13.6 Å². The van der Waals surface area contributed by atoms with Crippen molar-refractivity contribution in [3.05, 3.63) is 81.5 Å². The number of aromatic nitrogens is 3. The highest BCUT2D eigenvalue weighted by Crippen LogP contribution is 2.28. The number of nitrogens with zero attached hydrogens (tertiary/aromatic N) is 4. The lowest BCUT2D eigenvalue weighted by Gasteiger charge is -2.33. The summed E-state index contributed by atoms with van der Waals surface area (Å²) in [5, 5.41) is 15.3. The minimum absolute atomic E-state index is 0. The van der Waals surface area contributed by atoms with Gasteiger partial charge in [0.05, 0.1) is 6.54 Å². The van der Waals surface area contributed by atoms with Crippen LogP contribution in [0.4, 0.5) is 8.78 Å². The van der Waals surface area contributed by atoms with Crippen LogP contribution < -0.4 is 0 Å². The van der Waals surface area contributed by atoms with Crippen LogP contribution in [0.25, 0.3) is 0 Å². The number of benzene rings is 2. The maximum Gasteiger partial charge on any atom is 0.137 e. The van der Waals surface area contributed by atoms with Crippen molar-refractivity contribution in [3.63, 3.8) is 0 Å². The van der Waals surface area contributed by atoms with E-state index in [1.807, 2.05) is 36.2 Å². The molecular weight excluding hydrogens is 545 g/mol. The molecule has 2 aromatic carbocycles. The van der Waals surface area contributed by atoms with Gasteiger partial charge >= 0.3 is 0 Å². The lowest BCUT2D eigenvalue weighted by atomic mass is 9.92. The molecule has 0 aliphatic carbocycles. The van der Waals surface area contributed by atoms with E-state index in [1.165, 1.54) is 23.4 Å². The summed E-state index contributed by atoms with van der Waals surface area (Å²) in [7, 11) is 1.84. The summed E-state index contributed by atoms with van der Waals surface area (Å²) in [6.45, 7) is 0.688. The van der Waals surface area contributed by atoms with E-state index in [4.69, 9.17) is 0 Å². The van der Waals surface area contributed by atoms with Gasteiger partial charge in [-0.05, 0) is 53.4 Å². The molecule has 0 fully saturated rings. The van der Waals surface area contributed by atoms with E-state index in [1.54, 1.807) is 0 Å². The molecule has 0 aliphatic heterocycles. The first-order valence-corrected chi connectivity index (χ1v) is 9.37. The van der Waals surface area contributed by atoms with E-state index >= 15 is 0 Å². The van der Waals surface area contributed by atoms with Crippen LogP contribution in [0.1, 0.15) is 11.1 Å². The average molecular weight is 565 g/mol. The van der Waals surface area contributed by atoms with E-state index in [0.717, 1.165) is 21.3 Å². The molecule has 0 bridgehead atoms. The Kier molecular flexibility index (Phi) is 8.05. The molecule has 3 rings (SSSR count). The number of rotatable bonds is 7. The zero-order chi connectivity index (χ0) is 19.4. The highest BCUT2D eigenvalue weighted by Gasteiger charge is 2.34. The molecule has 0 amide bonds. The van der Waals surface area contributed by atoms with Crippen LogP contribution in [-0.2, 0) is 18.7 Å². The smallest absolute Gasteiger partial charge is 0.137 e. The van der Waals surface area contributed by atoms with Crippen LogP contribution in [0.2, 0.25) is 0 Å². The van der Waals surface area contributed by atoms with Gasteiger partial charge in [0, 0.05) is 28.3 Å². The van der Waals surface area contributed by atoms with E-state index in [9.17, 15) is 13.9 Å². The van der Waals surface area contributed by atoms with Crippen LogP contribution in [-0.4, -0.2) is 38.4 Å². The van der Waals surface area contributed by atoms with Crippen LogP contribution in [0.5, 0.6) is 0 Å². The molecule has 0 saturated heterocycles. The van der Waals surface area contributed by atoms with E-state index in [-0.39, 0.29) is 35.6 Å². The van der Waals surface area contributed by atoms with Crippen molar-refractivity contribution in [1.82, 2.24) is 19.7 Å². The quantitative estimate of drug-likeness (QED) is 0.444. The number of hydrogen-bond acceptors (Lipinski definition) is 4. The standard InChI is InChI=1S/C19H19F2IN4O.BrH/c1-25(9-14-2-5-16(22)6-3-14)10-19(27,11-26-13-23-12-24-26)17-7-4-15(20)8-18(17)21;/h2-8,12-13,27H,9-11H2,1H3;1H/t19-;/m0./s1. The van der Waals surface area contributed by atoms with Gasteiger partial charge in [-0.2, -0.15) is 5.10 Å². The number of aliphatic hydroxyl groups is 1. The summed E-state index contributed by atoms with van der Waals surface area (Å²) in [6.07, 6.45) is 2.79. The fourth-order valence-electron chi connectivity index (χ4n) is 3.07. The zero-order valence-electron chi connectivity index (χ0n) is 15.1. The Hall–Kier alpha value is -1.43. The molecule has 0 unspecified atom stereocenters. The molecular formula is C19H20BrF2IN4O. The van der Waals surface area contributed by atoms with Crippen LogP contribution in [0.15, 0.2) is 55.1 Å². The zero-order valence-corrected chi connectivity index (χ0v) is 19.0. The highest BCUT2D eigenvalue weighted by molar-refractivity contribution is 14.1. The van der Waals surface area contributed by atoms with Crippen molar-refractivity contribution in [2.45, 2.75) is 18.7 Å². The van der Waals surface area contributed by atoms with Gasteiger partial charge in [0.1, 0.15) is 29.9 Å². The first-order valence-electron chi connectivity index (χ1n) is 8.29. The molecule has 28 heavy (non-hydrogen) atoms. The average Bonchev–Trinajstić information content (AvgIpc) is 3.09. The predicted molar refractivity (Wildman–Crippen MR) is 116 cm³/mol. The predicted octanol–water partition coefficient (Wildman–Crippen LogP) is 3.76. The Balaban J connectivity index is 0.00000280. The molecule has 1 N–H and O–H groups in total. The fourth-order valence-corrected chi connectivity index (χ4v) is 3.43. The first-order chi connectivity index (χ1) is 12.9. The maximum absolute atomic E-state index is 14.4. The van der Waals surface area contributed by atoms with Crippen LogP contribution in [0, 0.1) is 15.2 Å². The van der Waals surface area contributed by atoms with Crippen LogP contribution in [0.3, 0.4) is 0 Å². The van der Waals surface area contributed by atoms with Crippen molar-refractivity contribution in [2.24, 2.45) is 0 Å². The molecule has 5 nitrogen and oxygen atoms in total. The number of hydrogen-bond donors (Lipinski definition) is 1. The van der Waals surface area contributed by atoms with Gasteiger partial charge < -0.3 is 5.11 Å². The van der Waals surface area contributed by atoms with Gasteiger partial charge in [0.2, 0.25) is 0 Å². The van der Waals surface area contributed by atoms with E-state index in [2.05, 4.69) is 32.7 Å². The molecule has 1 heterocycles. The largest absolute Gasteiger partial charge is 0.382 e. The third kappa shape index (κ3) is 5.79. The summed E-state index contributed by atoms with van der Waals surface area (Å²) in [4.78, 5) is 5.76. The highest BCUT2D eigenvalue weighted by atomic mass is 127. The monoisotopic (exact) mass is 564 g/mol. The molecule has 0 aliphatic rings. The Morgan fingerprint density at radius 2 is 1.89 bits per heavy atom. The summed E-state index contributed by atoms with van der Waals surface area (Å²) >= 11 is 2.24. The molecule has 9 heteroatoms. The molecule has 150 valence electrons. The molecule has 0 saturated carbocycles. The van der Waals surface area contributed by atoms with E-state index in [0.29, 0.717) is 6.54 Å². The summed E-state index contributed by atoms with van der Waals surface area (Å²) < 4.78 is 30.3. The minimum atomic E-state index is -1.61. The van der Waals surface area contributed by atoms with Gasteiger partial charge in [0.15, 0.2) is 0 Å². The Morgan fingerprint density at radius 3 is 2.50 bits per heavy atom. The summed E-state index contributed by atoms with van der Waals surface area (Å²) in [5.74, 6) is -1.48. The molecule has 1 aromatic heterocycles. The van der Waals surface area contributed by atoms with Gasteiger partial charge in [-0.15, -0.1) is 17.0 Å². The van der Waals surface area contributed by atoms with E-state index < -0.39 is 17.2 Å². The minimum Gasteiger partial charge on any atom is -0.382 e. The molecule has 0 spiro atoms. The Bertz CT molecular complexity index is 895. The molecule has 0 radical (unpaired) electrons. The number of halogens is 4. The second-order valence-electron chi connectivity index (χ2n) is 6.55. The third-order valence-corrected chi connectivity index (χ3v) is 4.94. The first kappa shape index (κ1) is 22.9. The van der Waals surface area contributed by atoms with Crippen molar-refractivity contribution >= 4 is 39.6 Å². The van der Waals surface area contributed by atoms with Gasteiger partial charge in [0.25, 0.3) is 0 Å². The van der Waals surface area contributed by atoms with Crippen molar-refractivity contribution in [3.8, 4) is 0 Å². The van der Waals surface area contributed by atoms with Gasteiger partial charge in [-0.3, -0.25) is 4.90 Å².